The molecule has 1 saturated heterocycles. The predicted molar refractivity (Wildman–Crippen MR) is 111 cm³/mol. The monoisotopic (exact) mass is 392 g/mol. The Morgan fingerprint density at radius 3 is 2.55 bits per heavy atom. The Hall–Kier alpha value is -2.93. The summed E-state index contributed by atoms with van der Waals surface area (Å²) in [6.07, 6.45) is 11.0. The summed E-state index contributed by atoms with van der Waals surface area (Å²) in [6.45, 7) is 4.75. The molecular weight excluding hydrogens is 364 g/mol. The van der Waals surface area contributed by atoms with E-state index in [4.69, 9.17) is 0 Å². The molecule has 1 aliphatic rings. The van der Waals surface area contributed by atoms with Crippen molar-refractivity contribution in [1.82, 2.24) is 29.3 Å². The fourth-order valence-corrected chi connectivity index (χ4v) is 3.86. The van der Waals surface area contributed by atoms with Gasteiger partial charge in [-0.2, -0.15) is 0 Å². The number of likely N-dealkylation sites (tertiary alicyclic amines) is 1. The third-order valence-electron chi connectivity index (χ3n) is 5.80. The molecule has 1 atom stereocenters. The Kier molecular flexibility index (Phi) is 5.76. The topological polar surface area (TPSA) is 68.0 Å². The fourth-order valence-electron chi connectivity index (χ4n) is 3.86. The number of rotatable bonds is 6. The summed E-state index contributed by atoms with van der Waals surface area (Å²) >= 11 is 0. The van der Waals surface area contributed by atoms with Crippen molar-refractivity contribution in [2.45, 2.75) is 32.4 Å². The van der Waals surface area contributed by atoms with Gasteiger partial charge >= 0.3 is 0 Å². The number of nitrogens with zero attached hydrogens (tertiary/aromatic N) is 5. The number of imidazole rings is 2. The smallest absolute Gasteiger partial charge is 0.223 e. The van der Waals surface area contributed by atoms with E-state index in [-0.39, 0.29) is 17.9 Å². The molecule has 2 aromatic heterocycles. The molecule has 1 N–H and O–H groups in total. The summed E-state index contributed by atoms with van der Waals surface area (Å²) in [6, 6.07) is 8.22. The molecule has 29 heavy (non-hydrogen) atoms. The van der Waals surface area contributed by atoms with E-state index >= 15 is 0 Å². The molecule has 1 amide bonds. The largest absolute Gasteiger partial charge is 0.349 e. The van der Waals surface area contributed by atoms with Crippen LogP contribution in [0.4, 0.5) is 0 Å². The molecule has 1 aromatic carbocycles. The summed E-state index contributed by atoms with van der Waals surface area (Å²) in [5.74, 6) is 1.31. The average molecular weight is 393 g/mol. The van der Waals surface area contributed by atoms with Crippen LogP contribution < -0.4 is 5.32 Å². The Bertz CT molecular complexity index is 923. The first-order valence-corrected chi connectivity index (χ1v) is 10.2. The van der Waals surface area contributed by atoms with Crippen molar-refractivity contribution in [3.8, 4) is 5.69 Å². The predicted octanol–water partition coefficient (Wildman–Crippen LogP) is 2.70. The lowest BCUT2D eigenvalue weighted by molar-refractivity contribution is -0.127. The number of aryl methyl sites for hydroxylation is 1. The van der Waals surface area contributed by atoms with Crippen LogP contribution in [0.5, 0.6) is 0 Å². The van der Waals surface area contributed by atoms with Crippen LogP contribution in [-0.2, 0) is 18.4 Å². The minimum atomic E-state index is -0.00932. The number of carbonyl (C=O) groups excluding carboxylic acids is 1. The van der Waals surface area contributed by atoms with E-state index in [1.54, 1.807) is 12.5 Å². The van der Waals surface area contributed by atoms with Crippen LogP contribution in [0.25, 0.3) is 5.69 Å². The Labute approximate surface area is 171 Å². The van der Waals surface area contributed by atoms with Gasteiger partial charge in [0.2, 0.25) is 5.91 Å². The van der Waals surface area contributed by atoms with Crippen molar-refractivity contribution >= 4 is 5.91 Å². The summed E-state index contributed by atoms with van der Waals surface area (Å²) in [4.78, 5) is 23.6. The zero-order chi connectivity index (χ0) is 20.2. The molecule has 1 aliphatic heterocycles. The summed E-state index contributed by atoms with van der Waals surface area (Å²) in [5, 5.41) is 3.20. The van der Waals surface area contributed by atoms with E-state index in [2.05, 4.69) is 49.0 Å². The second-order valence-electron chi connectivity index (χ2n) is 7.80. The summed E-state index contributed by atoms with van der Waals surface area (Å²) in [7, 11) is 2.02. The molecule has 1 unspecified atom stereocenters. The van der Waals surface area contributed by atoms with Gasteiger partial charge in [0.05, 0.1) is 18.9 Å². The second-order valence-corrected chi connectivity index (χ2v) is 7.80. The molecule has 152 valence electrons. The summed E-state index contributed by atoms with van der Waals surface area (Å²) < 4.78 is 4.02. The first-order valence-electron chi connectivity index (χ1n) is 10.2. The number of hydrogen-bond acceptors (Lipinski definition) is 4. The van der Waals surface area contributed by atoms with Gasteiger partial charge in [0.25, 0.3) is 0 Å². The highest BCUT2D eigenvalue weighted by atomic mass is 16.1. The highest BCUT2D eigenvalue weighted by Crippen LogP contribution is 2.21. The van der Waals surface area contributed by atoms with Crippen molar-refractivity contribution in [3.63, 3.8) is 0 Å². The van der Waals surface area contributed by atoms with Gasteiger partial charge in [-0.05, 0) is 50.6 Å². The number of nitrogens with one attached hydrogen (secondary N) is 1. The van der Waals surface area contributed by atoms with E-state index in [0.29, 0.717) is 0 Å². The van der Waals surface area contributed by atoms with Gasteiger partial charge in [0.15, 0.2) is 0 Å². The molecule has 0 radical (unpaired) electrons. The van der Waals surface area contributed by atoms with Crippen molar-refractivity contribution in [1.29, 1.82) is 0 Å². The SMILES string of the molecule is CC(NC(=O)C1CCN(Cc2nccn2C)CC1)c1ccc(-n2ccnc2)cc1. The number of benzene rings is 1. The first-order chi connectivity index (χ1) is 14.1. The van der Waals surface area contributed by atoms with Gasteiger partial charge in [-0.25, -0.2) is 9.97 Å². The van der Waals surface area contributed by atoms with E-state index < -0.39 is 0 Å². The molecule has 3 heterocycles. The number of aromatic nitrogens is 4. The minimum Gasteiger partial charge on any atom is -0.349 e. The van der Waals surface area contributed by atoms with Crippen molar-refractivity contribution in [3.05, 3.63) is 66.8 Å². The van der Waals surface area contributed by atoms with E-state index in [1.165, 1.54) is 0 Å². The number of piperidine rings is 1. The molecule has 4 rings (SSSR count). The normalized spacial score (nSPS) is 16.6. The molecule has 3 aromatic rings. The molecule has 1 fully saturated rings. The van der Waals surface area contributed by atoms with Gasteiger partial charge in [0.1, 0.15) is 5.82 Å². The van der Waals surface area contributed by atoms with E-state index in [1.807, 2.05) is 37.1 Å². The van der Waals surface area contributed by atoms with Gasteiger partial charge < -0.3 is 14.5 Å². The minimum absolute atomic E-state index is 0.00932. The maximum atomic E-state index is 12.8. The van der Waals surface area contributed by atoms with Crippen LogP contribution in [0, 0.1) is 5.92 Å². The van der Waals surface area contributed by atoms with E-state index in [0.717, 1.165) is 49.6 Å². The van der Waals surface area contributed by atoms with Gasteiger partial charge in [-0.3, -0.25) is 9.69 Å². The number of amides is 1. The molecular formula is C22H28N6O. The van der Waals surface area contributed by atoms with Crippen molar-refractivity contribution in [2.24, 2.45) is 13.0 Å². The number of hydrogen-bond donors (Lipinski definition) is 1. The maximum Gasteiger partial charge on any atom is 0.223 e. The van der Waals surface area contributed by atoms with Crippen LogP contribution in [0.3, 0.4) is 0 Å². The zero-order valence-corrected chi connectivity index (χ0v) is 17.0. The summed E-state index contributed by atoms with van der Waals surface area (Å²) in [5.41, 5.74) is 2.17. The van der Waals surface area contributed by atoms with Gasteiger partial charge in [0, 0.05) is 43.4 Å². The standard InChI is InChI=1S/C22H28N6O/c1-17(18-3-5-20(6-4-18)28-14-9-23-16-28)25-22(29)19-7-11-27(12-8-19)15-21-24-10-13-26(21)2/h3-6,9-10,13-14,16-17,19H,7-8,11-12,15H2,1-2H3,(H,25,29). The Morgan fingerprint density at radius 1 is 1.17 bits per heavy atom. The molecule has 7 heteroatoms. The molecule has 0 spiro atoms. The van der Waals surface area contributed by atoms with E-state index in [9.17, 15) is 4.79 Å². The Balaban J connectivity index is 1.27. The number of carbonyl (C=O) groups is 1. The highest BCUT2D eigenvalue weighted by molar-refractivity contribution is 5.79. The van der Waals surface area contributed by atoms with Gasteiger partial charge in [-0.1, -0.05) is 12.1 Å². The van der Waals surface area contributed by atoms with Crippen LogP contribution in [-0.4, -0.2) is 43.0 Å². The maximum absolute atomic E-state index is 12.8. The third-order valence-corrected chi connectivity index (χ3v) is 5.80. The molecule has 0 bridgehead atoms. The lowest BCUT2D eigenvalue weighted by atomic mass is 9.95. The van der Waals surface area contributed by atoms with Crippen LogP contribution in [0.1, 0.15) is 37.2 Å². The van der Waals surface area contributed by atoms with Gasteiger partial charge in [-0.15, -0.1) is 0 Å². The lowest BCUT2D eigenvalue weighted by Crippen LogP contribution is -2.41. The lowest BCUT2D eigenvalue weighted by Gasteiger charge is -2.31. The quantitative estimate of drug-likeness (QED) is 0.700. The first kappa shape index (κ1) is 19.4. The van der Waals surface area contributed by atoms with Crippen LogP contribution in [0.2, 0.25) is 0 Å². The average Bonchev–Trinajstić information content (AvgIpc) is 3.41. The molecule has 7 nitrogen and oxygen atoms in total. The van der Waals surface area contributed by atoms with Crippen LogP contribution in [0.15, 0.2) is 55.4 Å². The molecule has 0 saturated carbocycles. The van der Waals surface area contributed by atoms with Crippen molar-refractivity contribution in [2.75, 3.05) is 13.1 Å². The molecule has 0 aliphatic carbocycles. The zero-order valence-electron chi connectivity index (χ0n) is 17.0. The third kappa shape index (κ3) is 4.56. The van der Waals surface area contributed by atoms with Crippen LogP contribution >= 0.6 is 0 Å². The second kappa shape index (κ2) is 8.61. The Morgan fingerprint density at radius 2 is 1.93 bits per heavy atom. The van der Waals surface area contributed by atoms with Crippen molar-refractivity contribution < 1.29 is 4.79 Å². The highest BCUT2D eigenvalue weighted by Gasteiger charge is 2.26. The fraction of sp³-hybridized carbons (Fsp3) is 0.409.